The lowest BCUT2D eigenvalue weighted by molar-refractivity contribution is 0.326. The minimum atomic E-state index is 0.296. The minimum absolute atomic E-state index is 0.296. The zero-order valence-electron chi connectivity index (χ0n) is 23.5. The van der Waals surface area contributed by atoms with Gasteiger partial charge in [-0.15, -0.1) is 30.6 Å². The van der Waals surface area contributed by atoms with Crippen molar-refractivity contribution in [2.45, 2.75) is 124 Å². The normalized spacial score (nSPS) is 16.9. The Balaban J connectivity index is 1.11. The maximum absolute atomic E-state index is 5.45. The van der Waals surface area contributed by atoms with Crippen molar-refractivity contribution in [3.8, 4) is 0 Å². The van der Waals surface area contributed by atoms with E-state index in [9.17, 15) is 0 Å². The molecular weight excluding hydrogens is 613 g/mol. The molecule has 2 aliphatic rings. The molecule has 0 atom stereocenters. The predicted molar refractivity (Wildman–Crippen MR) is 163 cm³/mol. The molecule has 4 aromatic rings. The molecule has 12 nitrogen and oxygen atoms in total. The van der Waals surface area contributed by atoms with E-state index >= 15 is 0 Å². The summed E-state index contributed by atoms with van der Waals surface area (Å²) in [5, 5.41) is 34.0. The first-order valence-electron chi connectivity index (χ1n) is 14.9. The van der Waals surface area contributed by atoms with Crippen molar-refractivity contribution in [1.82, 2.24) is 49.9 Å². The molecule has 0 saturated heterocycles. The van der Waals surface area contributed by atoms with Crippen molar-refractivity contribution in [1.29, 1.82) is 0 Å². The molecule has 226 valence electrons. The van der Waals surface area contributed by atoms with E-state index in [1.807, 2.05) is 0 Å². The Labute approximate surface area is 262 Å². The maximum Gasteiger partial charge on any atom is 0.284 e. The number of nitrogens with zero attached hydrogens (tertiary/aromatic N) is 8. The molecule has 0 spiro atoms. The molecule has 2 aliphatic carbocycles. The summed E-state index contributed by atoms with van der Waals surface area (Å²) in [6.45, 7) is 0. The van der Waals surface area contributed by atoms with Crippen LogP contribution < -0.4 is 0 Å². The molecule has 0 aromatic carbocycles. The van der Waals surface area contributed by atoms with Gasteiger partial charge in [0, 0.05) is 24.9 Å². The molecule has 4 aromatic heterocycles. The van der Waals surface area contributed by atoms with Crippen LogP contribution in [0.3, 0.4) is 0 Å². The lowest BCUT2D eigenvalue weighted by Crippen LogP contribution is -2.17. The van der Waals surface area contributed by atoms with Gasteiger partial charge in [0.2, 0.25) is 11.8 Å². The number of H-pyrrole nitrogens is 2. The summed E-state index contributed by atoms with van der Waals surface area (Å²) in [6.07, 6.45) is 16.1. The number of hydrogen-bond acceptors (Lipinski definition) is 12. The van der Waals surface area contributed by atoms with E-state index < -0.39 is 0 Å². The van der Waals surface area contributed by atoms with Crippen LogP contribution in [0.25, 0.3) is 0 Å². The van der Waals surface area contributed by atoms with Gasteiger partial charge < -0.3 is 18.0 Å². The highest BCUT2D eigenvalue weighted by atomic mass is 32.2. The van der Waals surface area contributed by atoms with Gasteiger partial charge in [-0.25, -0.2) is 10.2 Å². The molecule has 0 radical (unpaired) electrons. The maximum atomic E-state index is 5.45. The van der Waals surface area contributed by atoms with Gasteiger partial charge in [0.15, 0.2) is 10.3 Å². The topological polar surface area (TPSA) is 145 Å². The van der Waals surface area contributed by atoms with Gasteiger partial charge in [-0.3, -0.25) is 0 Å². The second-order valence-electron chi connectivity index (χ2n) is 10.9. The number of aryl methyl sites for hydroxylation is 2. The van der Waals surface area contributed by atoms with Crippen LogP contribution in [0.15, 0.2) is 19.1 Å². The smallest absolute Gasteiger partial charge is 0.284 e. The lowest BCUT2D eigenvalue weighted by Gasteiger charge is -2.26. The first-order valence-corrected chi connectivity index (χ1v) is 17.6. The number of thioether (sulfide) groups is 2. The third-order valence-corrected chi connectivity index (χ3v) is 10.2. The molecule has 0 aliphatic heterocycles. The fraction of sp³-hybridized carbons (Fsp3) is 0.692. The summed E-state index contributed by atoms with van der Waals surface area (Å²) in [6, 6.07) is 0.896. The Morgan fingerprint density at radius 2 is 1.07 bits per heavy atom. The van der Waals surface area contributed by atoms with Crippen LogP contribution in [0, 0.1) is 9.67 Å². The Kier molecular flexibility index (Phi) is 10.2. The Bertz CT molecular complexity index is 1430. The van der Waals surface area contributed by atoms with Crippen LogP contribution in [0.1, 0.15) is 113 Å². The molecule has 0 amide bonds. The van der Waals surface area contributed by atoms with E-state index in [1.165, 1.54) is 64.2 Å². The Morgan fingerprint density at radius 3 is 1.45 bits per heavy atom. The quantitative estimate of drug-likeness (QED) is 0.0864. The summed E-state index contributed by atoms with van der Waals surface area (Å²) in [5.74, 6) is 4.43. The van der Waals surface area contributed by atoms with Gasteiger partial charge in [-0.05, 0) is 63.0 Å². The van der Waals surface area contributed by atoms with Crippen molar-refractivity contribution >= 4 is 48.0 Å². The first kappa shape index (κ1) is 29.8. The molecule has 42 heavy (non-hydrogen) atoms. The highest BCUT2D eigenvalue weighted by Gasteiger charge is 2.25. The molecular formula is C26H36N10O2S4. The fourth-order valence-corrected chi connectivity index (χ4v) is 8.05. The molecule has 2 fully saturated rings. The van der Waals surface area contributed by atoms with Crippen LogP contribution in [0.2, 0.25) is 0 Å². The van der Waals surface area contributed by atoms with E-state index in [0.29, 0.717) is 45.0 Å². The average Bonchev–Trinajstić information content (AvgIpc) is 3.81. The summed E-state index contributed by atoms with van der Waals surface area (Å²) < 4.78 is 15.7. The summed E-state index contributed by atoms with van der Waals surface area (Å²) in [4.78, 5) is 0.591. The van der Waals surface area contributed by atoms with Crippen molar-refractivity contribution in [3.63, 3.8) is 0 Å². The predicted octanol–water partition coefficient (Wildman–Crippen LogP) is 7.12. The van der Waals surface area contributed by atoms with Gasteiger partial charge in [0.05, 0.1) is 11.5 Å². The highest BCUT2D eigenvalue weighted by Crippen LogP contribution is 2.35. The van der Waals surface area contributed by atoms with Crippen molar-refractivity contribution in [2.75, 3.05) is 0 Å². The van der Waals surface area contributed by atoms with Gasteiger partial charge in [0.25, 0.3) is 9.67 Å². The standard InChI is InChI=1S/C26H36N10O2S4/c39-25-33-29-21(37-25)15-41-23-31-27-19(35(23)17-9-3-1-4-10-17)13-7-8-14-20-28-32-24(36(20)18-11-5-2-6-12-18)42-16-22-30-34-26(40)38-22/h17-18H,1-16H2,(H,33,39)(H,34,40). The monoisotopic (exact) mass is 648 g/mol. The van der Waals surface area contributed by atoms with E-state index in [0.717, 1.165) is 47.6 Å². The third-order valence-electron chi connectivity index (χ3n) is 8.02. The van der Waals surface area contributed by atoms with Crippen LogP contribution in [0.4, 0.5) is 0 Å². The molecule has 4 heterocycles. The first-order chi connectivity index (χ1) is 20.6. The van der Waals surface area contributed by atoms with Crippen molar-refractivity contribution < 1.29 is 8.83 Å². The zero-order chi connectivity index (χ0) is 28.7. The largest absolute Gasteiger partial charge is 0.413 e. The molecule has 0 bridgehead atoms. The van der Waals surface area contributed by atoms with Gasteiger partial charge >= 0.3 is 0 Å². The molecule has 0 unspecified atom stereocenters. The van der Waals surface area contributed by atoms with E-state index in [-0.39, 0.29) is 0 Å². The zero-order valence-corrected chi connectivity index (χ0v) is 26.8. The van der Waals surface area contributed by atoms with Crippen LogP contribution >= 0.6 is 48.0 Å². The highest BCUT2D eigenvalue weighted by molar-refractivity contribution is 7.98. The molecule has 6 rings (SSSR count). The molecule has 2 saturated carbocycles. The van der Waals surface area contributed by atoms with Crippen LogP contribution in [-0.2, 0) is 24.3 Å². The summed E-state index contributed by atoms with van der Waals surface area (Å²) in [5.41, 5.74) is 0. The SMILES string of the molecule is S=c1[nH]nc(CSc2nnc(CCCCc3nnc(SCc4n[nH]c(=S)o4)n3C3CCCCC3)n2C2CCCCC2)o1. The van der Waals surface area contributed by atoms with E-state index in [4.69, 9.17) is 33.3 Å². The van der Waals surface area contributed by atoms with Gasteiger partial charge in [0.1, 0.15) is 11.6 Å². The number of aromatic amines is 2. The lowest BCUT2D eigenvalue weighted by atomic mass is 9.95. The summed E-state index contributed by atoms with van der Waals surface area (Å²) in [7, 11) is 0. The number of rotatable bonds is 13. The van der Waals surface area contributed by atoms with Crippen LogP contribution in [-0.4, -0.2) is 49.9 Å². The average molecular weight is 649 g/mol. The second-order valence-corrected chi connectivity index (χ2v) is 13.5. The van der Waals surface area contributed by atoms with Gasteiger partial charge in [-0.1, -0.05) is 62.0 Å². The molecule has 2 N–H and O–H groups in total. The third kappa shape index (κ3) is 7.42. The fourth-order valence-electron chi connectivity index (χ4n) is 6.03. The van der Waals surface area contributed by atoms with E-state index in [1.54, 1.807) is 23.5 Å². The number of unbranched alkanes of at least 4 members (excludes halogenated alkanes) is 1. The number of hydrogen-bond donors (Lipinski definition) is 2. The van der Waals surface area contributed by atoms with Crippen molar-refractivity contribution in [2.24, 2.45) is 0 Å². The molecule has 16 heteroatoms. The Morgan fingerprint density at radius 1 is 0.643 bits per heavy atom. The Hall–Kier alpha value is -2.30. The van der Waals surface area contributed by atoms with Crippen molar-refractivity contribution in [3.05, 3.63) is 33.1 Å². The second kappa shape index (κ2) is 14.4. The number of aromatic nitrogens is 10. The van der Waals surface area contributed by atoms with Crippen LogP contribution in [0.5, 0.6) is 0 Å². The number of nitrogens with one attached hydrogen (secondary N) is 2. The van der Waals surface area contributed by atoms with E-state index in [2.05, 4.69) is 49.9 Å². The van der Waals surface area contributed by atoms with Gasteiger partial charge in [-0.2, -0.15) is 0 Å². The summed E-state index contributed by atoms with van der Waals surface area (Å²) >= 11 is 13.3. The minimum Gasteiger partial charge on any atom is -0.413 e.